The molecule has 1 fully saturated rings. The molecule has 0 saturated carbocycles. The van der Waals surface area contributed by atoms with Gasteiger partial charge in [-0.1, -0.05) is 23.8 Å². The highest BCUT2D eigenvalue weighted by Crippen LogP contribution is 2.17. The van der Waals surface area contributed by atoms with Gasteiger partial charge < -0.3 is 15.3 Å². The number of likely N-dealkylation sites (tertiary alicyclic amines) is 1. The van der Waals surface area contributed by atoms with Crippen LogP contribution in [0.15, 0.2) is 18.2 Å². The Morgan fingerprint density at radius 2 is 2.14 bits per heavy atom. The Hall–Kier alpha value is -2.04. The first-order chi connectivity index (χ1) is 9.97. The fraction of sp³-hybridized carbons (Fsp3) is 0.500. The van der Waals surface area contributed by atoms with Gasteiger partial charge in [0.05, 0.1) is 5.92 Å². The predicted octanol–water partition coefficient (Wildman–Crippen LogP) is 2.31. The number of urea groups is 1. The summed E-state index contributed by atoms with van der Waals surface area (Å²) in [5, 5.41) is 11.9. The molecule has 1 unspecified atom stereocenters. The van der Waals surface area contributed by atoms with Gasteiger partial charge in [0.1, 0.15) is 0 Å². The van der Waals surface area contributed by atoms with E-state index in [2.05, 4.69) is 11.4 Å². The Kier molecular flexibility index (Phi) is 4.83. The minimum atomic E-state index is -0.818. The number of carbonyl (C=O) groups excluding carboxylic acids is 1. The average molecular weight is 290 g/mol. The second-order valence-electron chi connectivity index (χ2n) is 5.71. The highest BCUT2D eigenvalue weighted by Gasteiger charge is 2.27. The molecule has 5 nitrogen and oxygen atoms in total. The number of rotatable bonds is 3. The minimum absolute atomic E-state index is 0.180. The number of benzene rings is 1. The van der Waals surface area contributed by atoms with Gasteiger partial charge in [-0.2, -0.15) is 0 Å². The number of nitrogens with zero attached hydrogens (tertiary/aromatic N) is 1. The van der Waals surface area contributed by atoms with E-state index in [4.69, 9.17) is 5.11 Å². The minimum Gasteiger partial charge on any atom is -0.481 e. The second-order valence-corrected chi connectivity index (χ2v) is 5.71. The van der Waals surface area contributed by atoms with Gasteiger partial charge in [-0.3, -0.25) is 4.79 Å². The number of nitrogens with one attached hydrogen (secondary N) is 1. The lowest BCUT2D eigenvalue weighted by molar-refractivity contribution is -0.143. The van der Waals surface area contributed by atoms with Crippen LogP contribution in [0.1, 0.15) is 29.5 Å². The summed E-state index contributed by atoms with van der Waals surface area (Å²) in [4.78, 5) is 24.8. The maximum atomic E-state index is 12.1. The third-order valence-electron chi connectivity index (χ3n) is 3.99. The molecule has 1 aromatic rings. The van der Waals surface area contributed by atoms with E-state index in [9.17, 15) is 9.59 Å². The first kappa shape index (κ1) is 15.4. The van der Waals surface area contributed by atoms with Crippen molar-refractivity contribution in [3.8, 4) is 0 Å². The van der Waals surface area contributed by atoms with E-state index in [-0.39, 0.29) is 6.03 Å². The fourth-order valence-corrected chi connectivity index (χ4v) is 2.69. The number of piperidine rings is 1. The van der Waals surface area contributed by atoms with E-state index in [0.717, 1.165) is 17.5 Å². The Labute approximate surface area is 125 Å². The molecule has 1 atom stereocenters. The predicted molar refractivity (Wildman–Crippen MR) is 80.1 cm³/mol. The van der Waals surface area contributed by atoms with E-state index in [1.54, 1.807) is 4.90 Å². The molecule has 0 aliphatic carbocycles. The van der Waals surface area contributed by atoms with Crippen molar-refractivity contribution in [3.05, 3.63) is 34.9 Å². The fourth-order valence-electron chi connectivity index (χ4n) is 2.69. The standard InChI is InChI=1S/C16H22N2O3/c1-11-5-6-13(12(2)8-11)9-17-16(21)18-7-3-4-14(10-18)15(19)20/h5-6,8,14H,3-4,7,9-10H2,1-2H3,(H,17,21)(H,19,20). The summed E-state index contributed by atoms with van der Waals surface area (Å²) in [5.74, 6) is -1.26. The molecule has 21 heavy (non-hydrogen) atoms. The molecule has 1 aliphatic rings. The van der Waals surface area contributed by atoms with Gasteiger partial charge in [0.25, 0.3) is 0 Å². The zero-order valence-electron chi connectivity index (χ0n) is 12.6. The molecule has 1 aromatic carbocycles. The van der Waals surface area contributed by atoms with Crippen LogP contribution >= 0.6 is 0 Å². The maximum absolute atomic E-state index is 12.1. The lowest BCUT2D eigenvalue weighted by Crippen LogP contribution is -2.46. The molecular formula is C16H22N2O3. The summed E-state index contributed by atoms with van der Waals surface area (Å²) in [5.41, 5.74) is 3.43. The van der Waals surface area contributed by atoms with Crippen LogP contribution in [0.25, 0.3) is 0 Å². The Morgan fingerprint density at radius 3 is 2.81 bits per heavy atom. The van der Waals surface area contributed by atoms with Crippen LogP contribution in [0.4, 0.5) is 4.79 Å². The maximum Gasteiger partial charge on any atom is 0.317 e. The summed E-state index contributed by atoms with van der Waals surface area (Å²) < 4.78 is 0. The van der Waals surface area contributed by atoms with Gasteiger partial charge in [-0.25, -0.2) is 4.79 Å². The van der Waals surface area contributed by atoms with Gasteiger partial charge in [-0.05, 0) is 37.8 Å². The molecule has 0 bridgehead atoms. The van der Waals surface area contributed by atoms with E-state index in [1.165, 1.54) is 5.56 Å². The number of hydrogen-bond acceptors (Lipinski definition) is 2. The molecule has 2 amide bonds. The van der Waals surface area contributed by atoms with Crippen molar-refractivity contribution < 1.29 is 14.7 Å². The molecule has 2 rings (SSSR count). The quantitative estimate of drug-likeness (QED) is 0.897. The van der Waals surface area contributed by atoms with Crippen LogP contribution in [-0.2, 0) is 11.3 Å². The molecule has 5 heteroatoms. The SMILES string of the molecule is Cc1ccc(CNC(=O)N2CCCC(C(=O)O)C2)c(C)c1. The van der Waals surface area contributed by atoms with Crippen LogP contribution in [0.2, 0.25) is 0 Å². The van der Waals surface area contributed by atoms with E-state index >= 15 is 0 Å². The highest BCUT2D eigenvalue weighted by molar-refractivity contribution is 5.76. The number of hydrogen-bond donors (Lipinski definition) is 2. The van der Waals surface area contributed by atoms with E-state index in [1.807, 2.05) is 26.0 Å². The van der Waals surface area contributed by atoms with Crippen LogP contribution in [0.5, 0.6) is 0 Å². The third-order valence-corrected chi connectivity index (χ3v) is 3.99. The van der Waals surface area contributed by atoms with E-state index in [0.29, 0.717) is 26.1 Å². The van der Waals surface area contributed by atoms with Crippen LogP contribution < -0.4 is 5.32 Å². The summed E-state index contributed by atoms with van der Waals surface area (Å²) >= 11 is 0. The van der Waals surface area contributed by atoms with Crippen molar-refractivity contribution in [3.63, 3.8) is 0 Å². The average Bonchev–Trinajstić information content (AvgIpc) is 2.46. The van der Waals surface area contributed by atoms with Crippen molar-refractivity contribution >= 4 is 12.0 Å². The Bertz CT molecular complexity index is 542. The number of carboxylic acids is 1. The first-order valence-electron chi connectivity index (χ1n) is 7.29. The highest BCUT2D eigenvalue weighted by atomic mass is 16.4. The summed E-state index contributed by atoms with van der Waals surface area (Å²) in [6.45, 7) is 5.46. The van der Waals surface area contributed by atoms with Crippen LogP contribution in [-0.4, -0.2) is 35.1 Å². The van der Waals surface area contributed by atoms with Gasteiger partial charge in [-0.15, -0.1) is 0 Å². The third kappa shape index (κ3) is 3.97. The molecule has 1 saturated heterocycles. The summed E-state index contributed by atoms with van der Waals surface area (Å²) in [7, 11) is 0. The summed E-state index contributed by atoms with van der Waals surface area (Å²) in [6.07, 6.45) is 1.39. The van der Waals surface area contributed by atoms with E-state index < -0.39 is 11.9 Å². The number of aryl methyl sites for hydroxylation is 2. The van der Waals surface area contributed by atoms with Crippen molar-refractivity contribution in [2.45, 2.75) is 33.2 Å². The lowest BCUT2D eigenvalue weighted by Gasteiger charge is -2.30. The van der Waals surface area contributed by atoms with Crippen molar-refractivity contribution in [2.75, 3.05) is 13.1 Å². The van der Waals surface area contributed by atoms with Crippen molar-refractivity contribution in [1.29, 1.82) is 0 Å². The number of carboxylic acid groups (broad SMARTS) is 1. The van der Waals surface area contributed by atoms with Crippen molar-refractivity contribution in [1.82, 2.24) is 10.2 Å². The molecule has 2 N–H and O–H groups in total. The topological polar surface area (TPSA) is 69.6 Å². The molecular weight excluding hydrogens is 268 g/mol. The Morgan fingerprint density at radius 1 is 1.38 bits per heavy atom. The molecule has 0 aromatic heterocycles. The number of amides is 2. The van der Waals surface area contributed by atoms with Gasteiger partial charge in [0, 0.05) is 19.6 Å². The van der Waals surface area contributed by atoms with Crippen molar-refractivity contribution in [2.24, 2.45) is 5.92 Å². The Balaban J connectivity index is 1.90. The first-order valence-corrected chi connectivity index (χ1v) is 7.29. The zero-order chi connectivity index (χ0) is 15.4. The molecule has 1 heterocycles. The molecule has 1 aliphatic heterocycles. The normalized spacial score (nSPS) is 18.4. The van der Waals surface area contributed by atoms with Crippen LogP contribution in [0.3, 0.4) is 0 Å². The number of aliphatic carboxylic acids is 1. The lowest BCUT2D eigenvalue weighted by atomic mass is 9.99. The molecule has 114 valence electrons. The number of carbonyl (C=O) groups is 2. The zero-order valence-corrected chi connectivity index (χ0v) is 12.6. The molecule has 0 radical (unpaired) electrons. The largest absolute Gasteiger partial charge is 0.481 e. The van der Waals surface area contributed by atoms with Crippen LogP contribution in [0, 0.1) is 19.8 Å². The van der Waals surface area contributed by atoms with Gasteiger partial charge in [0.2, 0.25) is 0 Å². The summed E-state index contributed by atoms with van der Waals surface area (Å²) in [6, 6.07) is 5.95. The van der Waals surface area contributed by atoms with Gasteiger partial charge >= 0.3 is 12.0 Å². The monoisotopic (exact) mass is 290 g/mol. The molecule has 0 spiro atoms. The smallest absolute Gasteiger partial charge is 0.317 e. The second kappa shape index (κ2) is 6.61. The van der Waals surface area contributed by atoms with Gasteiger partial charge in [0.15, 0.2) is 0 Å².